The first kappa shape index (κ1) is 11.0. The Kier molecular flexibility index (Phi) is 4.16. The van der Waals surface area contributed by atoms with Crippen molar-refractivity contribution in [2.24, 2.45) is 0 Å². The Labute approximate surface area is 81.4 Å². The van der Waals surface area contributed by atoms with Crippen LogP contribution in [-0.2, 0) is 4.74 Å². The monoisotopic (exact) mass is 186 g/mol. The predicted molar refractivity (Wildman–Crippen MR) is 55.0 cm³/mol. The molecule has 1 aliphatic heterocycles. The van der Waals surface area contributed by atoms with E-state index in [1.165, 1.54) is 13.0 Å². The molecule has 0 spiro atoms. The lowest BCUT2D eigenvalue weighted by molar-refractivity contribution is -0.00612. The van der Waals surface area contributed by atoms with Gasteiger partial charge < -0.3 is 10.1 Å². The molecule has 0 aromatic heterocycles. The highest BCUT2D eigenvalue weighted by Gasteiger charge is 2.21. The molecule has 3 nitrogen and oxygen atoms in total. The second kappa shape index (κ2) is 4.94. The van der Waals surface area contributed by atoms with Crippen molar-refractivity contribution >= 4 is 0 Å². The number of hydrogen-bond acceptors (Lipinski definition) is 3. The van der Waals surface area contributed by atoms with Crippen LogP contribution < -0.4 is 5.32 Å². The van der Waals surface area contributed by atoms with Gasteiger partial charge >= 0.3 is 0 Å². The second-order valence-corrected chi connectivity index (χ2v) is 4.34. The van der Waals surface area contributed by atoms with Crippen molar-refractivity contribution in [1.29, 1.82) is 0 Å². The molecule has 0 aliphatic carbocycles. The van der Waals surface area contributed by atoms with E-state index in [2.05, 4.69) is 24.1 Å². The van der Waals surface area contributed by atoms with Gasteiger partial charge in [-0.25, -0.2) is 0 Å². The molecule has 1 N–H and O–H groups in total. The first-order valence-corrected chi connectivity index (χ1v) is 5.12. The molecule has 1 heterocycles. The van der Waals surface area contributed by atoms with E-state index >= 15 is 0 Å². The Morgan fingerprint density at radius 3 is 2.77 bits per heavy atom. The highest BCUT2D eigenvalue weighted by atomic mass is 16.5. The Morgan fingerprint density at radius 2 is 2.08 bits per heavy atom. The SMILES string of the molecule is COC(C)(C)CN1CCCNCC1. The summed E-state index contributed by atoms with van der Waals surface area (Å²) < 4.78 is 5.42. The summed E-state index contributed by atoms with van der Waals surface area (Å²) in [5, 5.41) is 3.40. The molecule has 0 saturated carbocycles. The summed E-state index contributed by atoms with van der Waals surface area (Å²) in [6, 6.07) is 0. The molecule has 0 unspecified atom stereocenters. The van der Waals surface area contributed by atoms with Gasteiger partial charge in [0.15, 0.2) is 0 Å². The van der Waals surface area contributed by atoms with Gasteiger partial charge in [0.25, 0.3) is 0 Å². The number of rotatable bonds is 3. The molecule has 78 valence electrons. The predicted octanol–water partition coefficient (Wildman–Crippen LogP) is 0.707. The van der Waals surface area contributed by atoms with E-state index in [1.54, 1.807) is 7.11 Å². The molecule has 1 fully saturated rings. The first-order chi connectivity index (χ1) is 6.14. The number of methoxy groups -OCH3 is 1. The topological polar surface area (TPSA) is 24.5 Å². The maximum absolute atomic E-state index is 5.42. The van der Waals surface area contributed by atoms with Gasteiger partial charge in [-0.3, -0.25) is 4.90 Å². The largest absolute Gasteiger partial charge is 0.377 e. The van der Waals surface area contributed by atoms with Crippen LogP contribution in [0.5, 0.6) is 0 Å². The van der Waals surface area contributed by atoms with Crippen LogP contribution in [0.15, 0.2) is 0 Å². The van der Waals surface area contributed by atoms with Gasteiger partial charge in [-0.15, -0.1) is 0 Å². The zero-order valence-electron chi connectivity index (χ0n) is 9.10. The average molecular weight is 186 g/mol. The molecule has 1 aliphatic rings. The van der Waals surface area contributed by atoms with Gasteiger partial charge in [-0.05, 0) is 33.4 Å². The zero-order valence-corrected chi connectivity index (χ0v) is 9.10. The fraction of sp³-hybridized carbons (Fsp3) is 1.00. The molecule has 0 amide bonds. The van der Waals surface area contributed by atoms with Gasteiger partial charge in [-0.1, -0.05) is 0 Å². The smallest absolute Gasteiger partial charge is 0.0749 e. The van der Waals surface area contributed by atoms with Gasteiger partial charge in [-0.2, -0.15) is 0 Å². The molecule has 3 heteroatoms. The third-order valence-corrected chi connectivity index (χ3v) is 2.59. The third kappa shape index (κ3) is 4.07. The van der Waals surface area contributed by atoms with Crippen molar-refractivity contribution in [1.82, 2.24) is 10.2 Å². The lowest BCUT2D eigenvalue weighted by Crippen LogP contribution is -2.41. The maximum atomic E-state index is 5.42. The molecule has 0 atom stereocenters. The molecular formula is C10H22N2O. The van der Waals surface area contributed by atoms with E-state index < -0.39 is 0 Å². The summed E-state index contributed by atoms with van der Waals surface area (Å²) in [6.45, 7) is 9.93. The normalized spacial score (nSPS) is 21.5. The fourth-order valence-electron chi connectivity index (χ4n) is 1.66. The van der Waals surface area contributed by atoms with Crippen LogP contribution in [0, 0.1) is 0 Å². The van der Waals surface area contributed by atoms with E-state index in [0.717, 1.165) is 26.2 Å². The zero-order chi connectivity index (χ0) is 9.73. The molecule has 0 aromatic carbocycles. The molecule has 13 heavy (non-hydrogen) atoms. The van der Waals surface area contributed by atoms with Crippen molar-refractivity contribution in [2.45, 2.75) is 25.9 Å². The molecule has 1 rings (SSSR count). The van der Waals surface area contributed by atoms with Gasteiger partial charge in [0, 0.05) is 26.7 Å². The summed E-state index contributed by atoms with van der Waals surface area (Å²) in [6.07, 6.45) is 1.25. The highest BCUT2D eigenvalue weighted by molar-refractivity contribution is 4.76. The first-order valence-electron chi connectivity index (χ1n) is 5.12. The number of hydrogen-bond donors (Lipinski definition) is 1. The van der Waals surface area contributed by atoms with E-state index in [1.807, 2.05) is 0 Å². The van der Waals surface area contributed by atoms with Crippen LogP contribution in [0.1, 0.15) is 20.3 Å². The minimum absolute atomic E-state index is 0.00958. The van der Waals surface area contributed by atoms with Crippen molar-refractivity contribution < 1.29 is 4.74 Å². The quantitative estimate of drug-likeness (QED) is 0.702. The number of nitrogens with zero attached hydrogens (tertiary/aromatic N) is 1. The summed E-state index contributed by atoms with van der Waals surface area (Å²) in [5.41, 5.74) is -0.00958. The summed E-state index contributed by atoms with van der Waals surface area (Å²) in [7, 11) is 1.79. The maximum Gasteiger partial charge on any atom is 0.0749 e. The van der Waals surface area contributed by atoms with Gasteiger partial charge in [0.1, 0.15) is 0 Å². The molecule has 1 saturated heterocycles. The van der Waals surface area contributed by atoms with Crippen molar-refractivity contribution in [3.63, 3.8) is 0 Å². The fourth-order valence-corrected chi connectivity index (χ4v) is 1.66. The van der Waals surface area contributed by atoms with Crippen LogP contribution >= 0.6 is 0 Å². The Bertz CT molecular complexity index is 140. The Hall–Kier alpha value is -0.120. The van der Waals surface area contributed by atoms with E-state index in [4.69, 9.17) is 4.74 Å². The Balaban J connectivity index is 2.33. The summed E-state index contributed by atoms with van der Waals surface area (Å²) in [5.74, 6) is 0. The lowest BCUT2D eigenvalue weighted by atomic mass is 10.1. The Morgan fingerprint density at radius 1 is 1.31 bits per heavy atom. The molecule has 0 aromatic rings. The molecular weight excluding hydrogens is 164 g/mol. The summed E-state index contributed by atoms with van der Waals surface area (Å²) >= 11 is 0. The van der Waals surface area contributed by atoms with Crippen molar-refractivity contribution in [3.8, 4) is 0 Å². The van der Waals surface area contributed by atoms with E-state index in [0.29, 0.717) is 0 Å². The van der Waals surface area contributed by atoms with Crippen LogP contribution in [0.25, 0.3) is 0 Å². The van der Waals surface area contributed by atoms with Gasteiger partial charge in [0.05, 0.1) is 5.60 Å². The molecule has 0 radical (unpaired) electrons. The second-order valence-electron chi connectivity index (χ2n) is 4.34. The minimum Gasteiger partial charge on any atom is -0.377 e. The van der Waals surface area contributed by atoms with Crippen LogP contribution in [0.2, 0.25) is 0 Å². The van der Waals surface area contributed by atoms with E-state index in [9.17, 15) is 0 Å². The average Bonchev–Trinajstić information content (AvgIpc) is 2.32. The minimum atomic E-state index is -0.00958. The van der Waals surface area contributed by atoms with Crippen LogP contribution in [0.3, 0.4) is 0 Å². The van der Waals surface area contributed by atoms with E-state index in [-0.39, 0.29) is 5.60 Å². The standard InChI is InChI=1S/C10H22N2O/c1-10(2,13-3)9-12-7-4-5-11-6-8-12/h11H,4-9H2,1-3H3. The highest BCUT2D eigenvalue weighted by Crippen LogP contribution is 2.10. The lowest BCUT2D eigenvalue weighted by Gasteiger charge is -2.30. The van der Waals surface area contributed by atoms with Crippen molar-refractivity contribution in [2.75, 3.05) is 39.8 Å². The number of nitrogens with one attached hydrogen (secondary N) is 1. The number of ether oxygens (including phenoxy) is 1. The summed E-state index contributed by atoms with van der Waals surface area (Å²) in [4.78, 5) is 2.48. The van der Waals surface area contributed by atoms with Crippen molar-refractivity contribution in [3.05, 3.63) is 0 Å². The van der Waals surface area contributed by atoms with Gasteiger partial charge in [0.2, 0.25) is 0 Å². The third-order valence-electron chi connectivity index (χ3n) is 2.59. The molecule has 0 bridgehead atoms. The van der Waals surface area contributed by atoms with Crippen LogP contribution in [-0.4, -0.2) is 50.3 Å². The van der Waals surface area contributed by atoms with Crippen LogP contribution in [0.4, 0.5) is 0 Å².